The number of fused-ring (bicyclic) bond motifs is 1. The molecule has 0 aliphatic heterocycles. The number of amidine groups is 1. The molecule has 0 bridgehead atoms. The summed E-state index contributed by atoms with van der Waals surface area (Å²) in [6.07, 6.45) is 0.898. The molecule has 0 saturated carbocycles. The van der Waals surface area contributed by atoms with Crippen molar-refractivity contribution in [2.45, 2.75) is 19.1 Å². The Morgan fingerprint density at radius 3 is 2.71 bits per heavy atom. The zero-order valence-corrected chi connectivity index (χ0v) is 14.2. The highest BCUT2D eigenvalue weighted by Crippen LogP contribution is 2.23. The van der Waals surface area contributed by atoms with Gasteiger partial charge in [0.2, 0.25) is 0 Å². The van der Waals surface area contributed by atoms with Gasteiger partial charge in [-0.25, -0.2) is 9.79 Å². The van der Waals surface area contributed by atoms with Gasteiger partial charge in [-0.05, 0) is 35.7 Å². The summed E-state index contributed by atoms with van der Waals surface area (Å²) in [6.45, 7) is 2.07. The Kier molecular flexibility index (Phi) is 5.01. The maximum Gasteiger partial charge on any atom is 0.336 e. The maximum absolute atomic E-state index is 11.8. The van der Waals surface area contributed by atoms with Crippen LogP contribution in [0.25, 0.3) is 11.0 Å². The van der Waals surface area contributed by atoms with E-state index < -0.39 is 0 Å². The maximum atomic E-state index is 11.8. The molecule has 0 atom stereocenters. The van der Waals surface area contributed by atoms with Gasteiger partial charge >= 0.3 is 5.63 Å². The molecule has 5 heteroatoms. The van der Waals surface area contributed by atoms with E-state index in [2.05, 4.69) is 18.0 Å². The quantitative estimate of drug-likeness (QED) is 0.439. The second-order valence-electron chi connectivity index (χ2n) is 5.35. The monoisotopic (exact) mass is 338 g/mol. The van der Waals surface area contributed by atoms with Gasteiger partial charge in [0, 0.05) is 17.2 Å². The van der Waals surface area contributed by atoms with Crippen molar-refractivity contribution in [2.24, 2.45) is 10.7 Å². The highest BCUT2D eigenvalue weighted by molar-refractivity contribution is 8.13. The highest BCUT2D eigenvalue weighted by atomic mass is 32.2. The summed E-state index contributed by atoms with van der Waals surface area (Å²) in [5.41, 5.74) is 9.13. The summed E-state index contributed by atoms with van der Waals surface area (Å²) in [7, 11) is 0. The Morgan fingerprint density at radius 1 is 1.17 bits per heavy atom. The number of para-hydroxylation sites is 1. The van der Waals surface area contributed by atoms with Gasteiger partial charge in [-0.1, -0.05) is 49.0 Å². The lowest BCUT2D eigenvalue weighted by molar-refractivity contribution is 0.559. The molecule has 4 nitrogen and oxygen atoms in total. The molecule has 24 heavy (non-hydrogen) atoms. The molecule has 0 aliphatic rings. The number of hydrogen-bond acceptors (Lipinski definition) is 4. The van der Waals surface area contributed by atoms with Crippen LogP contribution in [0.4, 0.5) is 5.69 Å². The van der Waals surface area contributed by atoms with Crippen LogP contribution in [0.2, 0.25) is 0 Å². The lowest BCUT2D eigenvalue weighted by atomic mass is 10.1. The number of benzene rings is 2. The fraction of sp³-hybridized carbons (Fsp3) is 0.158. The van der Waals surface area contributed by atoms with Crippen LogP contribution in [0.15, 0.2) is 68.8 Å². The van der Waals surface area contributed by atoms with Gasteiger partial charge in [-0.2, -0.15) is 0 Å². The molecule has 3 rings (SSSR count). The molecule has 2 N–H and O–H groups in total. The van der Waals surface area contributed by atoms with Crippen LogP contribution < -0.4 is 11.4 Å². The minimum atomic E-state index is -0.343. The smallest absolute Gasteiger partial charge is 0.336 e. The molecule has 0 amide bonds. The lowest BCUT2D eigenvalue weighted by Crippen LogP contribution is -2.07. The summed E-state index contributed by atoms with van der Waals surface area (Å²) >= 11 is 1.41. The highest BCUT2D eigenvalue weighted by Gasteiger charge is 2.07. The van der Waals surface area contributed by atoms with E-state index in [0.29, 0.717) is 16.5 Å². The summed E-state index contributed by atoms with van der Waals surface area (Å²) in [4.78, 5) is 16.2. The summed E-state index contributed by atoms with van der Waals surface area (Å²) < 4.78 is 5.32. The third kappa shape index (κ3) is 3.86. The number of hydrogen-bond donors (Lipinski definition) is 1. The van der Waals surface area contributed by atoms with Crippen molar-refractivity contribution in [3.8, 4) is 0 Å². The van der Waals surface area contributed by atoms with E-state index >= 15 is 0 Å². The Hall–Kier alpha value is -2.53. The summed E-state index contributed by atoms with van der Waals surface area (Å²) in [5.74, 6) is 0.565. The molecular weight excluding hydrogens is 320 g/mol. The van der Waals surface area contributed by atoms with E-state index in [0.717, 1.165) is 28.6 Å². The van der Waals surface area contributed by atoms with Gasteiger partial charge in [-0.3, -0.25) is 0 Å². The predicted octanol–water partition coefficient (Wildman–Crippen LogP) is 4.24. The molecule has 0 aliphatic carbocycles. The van der Waals surface area contributed by atoms with Crippen LogP contribution >= 0.6 is 11.8 Å². The number of aliphatic imine (C=N–C) groups is 1. The van der Waals surface area contributed by atoms with Crippen LogP contribution in [0.1, 0.15) is 18.1 Å². The topological polar surface area (TPSA) is 68.6 Å². The van der Waals surface area contributed by atoms with Crippen molar-refractivity contribution in [3.63, 3.8) is 0 Å². The first kappa shape index (κ1) is 16.3. The van der Waals surface area contributed by atoms with E-state index in [4.69, 9.17) is 10.2 Å². The first-order chi connectivity index (χ1) is 11.7. The number of nitrogens with two attached hydrogens (primary N) is 1. The van der Waals surface area contributed by atoms with Crippen molar-refractivity contribution in [2.75, 3.05) is 0 Å². The normalized spacial score (nSPS) is 11.8. The molecule has 2 aromatic carbocycles. The van der Waals surface area contributed by atoms with E-state index in [9.17, 15) is 4.79 Å². The van der Waals surface area contributed by atoms with Crippen molar-refractivity contribution < 1.29 is 4.42 Å². The summed E-state index contributed by atoms with van der Waals surface area (Å²) in [6, 6.07) is 17.1. The zero-order valence-electron chi connectivity index (χ0n) is 13.4. The van der Waals surface area contributed by atoms with Crippen molar-refractivity contribution in [1.29, 1.82) is 0 Å². The second-order valence-corrected chi connectivity index (χ2v) is 6.34. The van der Waals surface area contributed by atoms with Crippen molar-refractivity contribution >= 4 is 33.6 Å². The molecular formula is C19H18N2O2S. The first-order valence-corrected chi connectivity index (χ1v) is 8.72. The van der Waals surface area contributed by atoms with E-state index in [1.165, 1.54) is 17.8 Å². The average Bonchev–Trinajstić information content (AvgIpc) is 2.59. The minimum absolute atomic E-state index is 0.343. The van der Waals surface area contributed by atoms with Gasteiger partial charge in [0.05, 0.1) is 5.69 Å². The Balaban J connectivity index is 1.85. The standard InChI is InChI=1S/C19H18N2O2S/c1-2-13-8-9-16-14(11-18(22)23-17(16)10-13)12-24-19(20)21-15-6-4-3-5-7-15/h3-11H,2,12H2,1H3,(H2,20,21). The van der Waals surface area contributed by atoms with Gasteiger partial charge in [-0.15, -0.1) is 0 Å². The van der Waals surface area contributed by atoms with Gasteiger partial charge in [0.15, 0.2) is 5.17 Å². The van der Waals surface area contributed by atoms with Gasteiger partial charge < -0.3 is 10.2 Å². The van der Waals surface area contributed by atoms with Crippen LogP contribution in [-0.4, -0.2) is 5.17 Å². The molecule has 0 unspecified atom stereocenters. The molecule has 0 spiro atoms. The van der Waals surface area contributed by atoms with Crippen LogP contribution in [0.3, 0.4) is 0 Å². The fourth-order valence-electron chi connectivity index (χ4n) is 2.43. The van der Waals surface area contributed by atoms with Crippen LogP contribution in [-0.2, 0) is 12.2 Å². The van der Waals surface area contributed by atoms with E-state index in [1.807, 2.05) is 42.5 Å². The number of rotatable bonds is 4. The first-order valence-electron chi connectivity index (χ1n) is 7.73. The van der Waals surface area contributed by atoms with Gasteiger partial charge in [0.1, 0.15) is 5.58 Å². The SMILES string of the molecule is CCc1ccc2c(CSC(N)=Nc3ccccc3)cc(=O)oc2c1. The summed E-state index contributed by atoms with van der Waals surface area (Å²) in [5, 5.41) is 1.40. The number of nitrogens with zero attached hydrogens (tertiary/aromatic N) is 1. The Bertz CT molecular complexity index is 933. The van der Waals surface area contributed by atoms with Crippen molar-refractivity contribution in [1.82, 2.24) is 0 Å². The predicted molar refractivity (Wildman–Crippen MR) is 101 cm³/mol. The van der Waals surface area contributed by atoms with Crippen molar-refractivity contribution in [3.05, 3.63) is 76.1 Å². The van der Waals surface area contributed by atoms with Crippen LogP contribution in [0.5, 0.6) is 0 Å². The molecule has 0 fully saturated rings. The Morgan fingerprint density at radius 2 is 1.96 bits per heavy atom. The molecule has 1 heterocycles. The fourth-order valence-corrected chi connectivity index (χ4v) is 3.14. The second kappa shape index (κ2) is 7.36. The number of thioether (sulfide) groups is 1. The minimum Gasteiger partial charge on any atom is -0.423 e. The molecule has 3 aromatic rings. The molecule has 1 aromatic heterocycles. The Labute approximate surface area is 144 Å². The largest absolute Gasteiger partial charge is 0.423 e. The zero-order chi connectivity index (χ0) is 16.9. The molecule has 122 valence electrons. The third-order valence-electron chi connectivity index (χ3n) is 3.67. The molecule has 0 saturated heterocycles. The van der Waals surface area contributed by atoms with Crippen LogP contribution in [0, 0.1) is 0 Å². The van der Waals surface area contributed by atoms with Gasteiger partial charge in [0.25, 0.3) is 0 Å². The van der Waals surface area contributed by atoms with E-state index in [1.54, 1.807) is 0 Å². The average molecular weight is 338 g/mol. The molecule has 0 radical (unpaired) electrons. The number of aryl methyl sites for hydroxylation is 1. The lowest BCUT2D eigenvalue weighted by Gasteiger charge is -2.06. The van der Waals surface area contributed by atoms with E-state index in [-0.39, 0.29) is 5.63 Å². The third-order valence-corrected chi connectivity index (χ3v) is 4.52.